The maximum absolute atomic E-state index is 14.9. The van der Waals surface area contributed by atoms with Gasteiger partial charge in [-0.05, 0) is 25.0 Å². The second-order valence-corrected chi connectivity index (χ2v) is 8.34. The van der Waals surface area contributed by atoms with Gasteiger partial charge in [-0.3, -0.25) is 4.98 Å². The minimum Gasteiger partial charge on any atom is -0.253 e. The molecule has 3 rings (SSSR count). The molecule has 1 saturated carbocycles. The van der Waals surface area contributed by atoms with Crippen molar-refractivity contribution in [2.24, 2.45) is 5.92 Å². The molecule has 14 heteroatoms. The van der Waals surface area contributed by atoms with Crippen molar-refractivity contribution in [3.8, 4) is 0 Å². The van der Waals surface area contributed by atoms with Crippen LogP contribution in [0.3, 0.4) is 0 Å². The first-order chi connectivity index (χ1) is 15.8. The summed E-state index contributed by atoms with van der Waals surface area (Å²) in [6, 6.07) is 8.61. The van der Waals surface area contributed by atoms with Crippen LogP contribution < -0.4 is 0 Å². The lowest BCUT2D eigenvalue weighted by molar-refractivity contribution is -0.443. The van der Waals surface area contributed by atoms with Gasteiger partial charge in [0.1, 0.15) is 0 Å². The first-order valence-corrected chi connectivity index (χ1v) is 10.1. The van der Waals surface area contributed by atoms with Gasteiger partial charge in [-0.2, -0.15) is 57.1 Å². The zero-order chi connectivity index (χ0) is 26.7. The minimum absolute atomic E-state index is 0.135. The summed E-state index contributed by atoms with van der Waals surface area (Å²) in [6.07, 6.45) is -8.76. The van der Waals surface area contributed by atoms with Crippen molar-refractivity contribution in [3.05, 3.63) is 42.1 Å². The number of rotatable bonds is 6. The lowest BCUT2D eigenvalue weighted by Crippen LogP contribution is -2.71. The van der Waals surface area contributed by atoms with Crippen LogP contribution in [0, 0.1) is 5.92 Å². The Morgan fingerprint density at radius 2 is 1.14 bits per heavy atom. The second kappa shape index (κ2) is 8.39. The number of para-hydroxylation sites is 1. The summed E-state index contributed by atoms with van der Waals surface area (Å²) >= 11 is 0. The van der Waals surface area contributed by atoms with E-state index in [-0.39, 0.29) is 30.5 Å². The highest BCUT2D eigenvalue weighted by Gasteiger charge is 2.91. The van der Waals surface area contributed by atoms with E-state index in [1.165, 1.54) is 18.2 Å². The highest BCUT2D eigenvalue weighted by atomic mass is 19.4. The Hall–Kier alpha value is -2.28. The van der Waals surface area contributed by atoms with Gasteiger partial charge in [0, 0.05) is 22.9 Å². The standard InChI is InChI=1S/C21H16F13N/c22-16(23,17(24,25)18(26,27)19(28,29)20(30,31)21(32,33)34)13-7-3-2-6-12(13)15-10-9-11-5-1-4-8-14(11)35-15/h1,4-5,8-10,12-13H,2-3,6-7H2. The molecule has 0 bridgehead atoms. The van der Waals surface area contributed by atoms with Gasteiger partial charge in [-0.25, -0.2) is 0 Å². The summed E-state index contributed by atoms with van der Waals surface area (Å²) in [5, 5.41) is 0.501. The Morgan fingerprint density at radius 1 is 0.600 bits per heavy atom. The smallest absolute Gasteiger partial charge is 0.253 e. The Bertz CT molecular complexity index is 1060. The molecule has 0 saturated heterocycles. The van der Waals surface area contributed by atoms with E-state index in [4.69, 9.17) is 0 Å². The zero-order valence-electron chi connectivity index (χ0n) is 17.3. The molecule has 1 nitrogen and oxygen atoms in total. The number of halogens is 13. The van der Waals surface area contributed by atoms with E-state index in [1.807, 2.05) is 0 Å². The fourth-order valence-electron chi connectivity index (χ4n) is 4.22. The predicted octanol–water partition coefficient (Wildman–Crippen LogP) is 8.25. The highest BCUT2D eigenvalue weighted by molar-refractivity contribution is 5.78. The van der Waals surface area contributed by atoms with Crippen LogP contribution in [0.2, 0.25) is 0 Å². The van der Waals surface area contributed by atoms with Crippen LogP contribution in [0.25, 0.3) is 10.9 Å². The largest absolute Gasteiger partial charge is 0.460 e. The number of alkyl halides is 13. The number of aromatic nitrogens is 1. The molecule has 35 heavy (non-hydrogen) atoms. The number of nitrogens with zero attached hydrogens (tertiary/aromatic N) is 1. The van der Waals surface area contributed by atoms with Crippen LogP contribution in [0.4, 0.5) is 57.1 Å². The molecule has 1 fully saturated rings. The molecule has 2 aromatic rings. The monoisotopic (exact) mass is 529 g/mol. The van der Waals surface area contributed by atoms with E-state index in [9.17, 15) is 57.1 Å². The lowest BCUT2D eigenvalue weighted by Gasteiger charge is -2.44. The summed E-state index contributed by atoms with van der Waals surface area (Å²) in [5.41, 5.74) is -0.0503. The SMILES string of the molecule is FC(F)(F)C(F)(F)C(F)(F)C(F)(F)C(F)(F)C(F)(F)C1CCCCC1c1ccc2ccccc2n1. The van der Waals surface area contributed by atoms with Gasteiger partial charge in [0.2, 0.25) is 0 Å². The molecule has 2 unspecified atom stereocenters. The van der Waals surface area contributed by atoms with Gasteiger partial charge in [0.25, 0.3) is 0 Å². The quantitative estimate of drug-likeness (QED) is 0.344. The Labute approximate surface area is 189 Å². The Kier molecular flexibility index (Phi) is 6.55. The molecule has 2 atom stereocenters. The summed E-state index contributed by atoms with van der Waals surface area (Å²) < 4.78 is 177. The predicted molar refractivity (Wildman–Crippen MR) is 97.2 cm³/mol. The van der Waals surface area contributed by atoms with E-state index in [0.29, 0.717) is 5.39 Å². The molecule has 196 valence electrons. The second-order valence-electron chi connectivity index (χ2n) is 8.34. The van der Waals surface area contributed by atoms with E-state index in [0.717, 1.165) is 6.07 Å². The van der Waals surface area contributed by atoms with Crippen LogP contribution in [0.1, 0.15) is 37.3 Å². The van der Waals surface area contributed by atoms with E-state index >= 15 is 0 Å². The molecule has 0 aliphatic heterocycles. The van der Waals surface area contributed by atoms with Gasteiger partial charge in [0.15, 0.2) is 0 Å². The number of hydrogen-bond donors (Lipinski definition) is 0. The topological polar surface area (TPSA) is 12.9 Å². The van der Waals surface area contributed by atoms with Crippen molar-refractivity contribution < 1.29 is 57.1 Å². The summed E-state index contributed by atoms with van der Waals surface area (Å²) in [6.45, 7) is 0. The maximum atomic E-state index is 14.9. The van der Waals surface area contributed by atoms with Crippen molar-refractivity contribution in [1.82, 2.24) is 4.98 Å². The summed E-state index contributed by atoms with van der Waals surface area (Å²) in [5.74, 6) is -41.3. The molecule has 1 aromatic carbocycles. The van der Waals surface area contributed by atoms with E-state index in [1.54, 1.807) is 12.1 Å². The fourth-order valence-corrected chi connectivity index (χ4v) is 4.22. The normalized spacial score (nSPS) is 21.4. The third-order valence-corrected chi connectivity index (χ3v) is 6.19. The average molecular weight is 529 g/mol. The Morgan fingerprint density at radius 3 is 1.74 bits per heavy atom. The van der Waals surface area contributed by atoms with Crippen molar-refractivity contribution >= 4 is 10.9 Å². The average Bonchev–Trinajstić information content (AvgIpc) is 2.77. The zero-order valence-corrected chi connectivity index (χ0v) is 17.3. The lowest BCUT2D eigenvalue weighted by atomic mass is 9.71. The van der Waals surface area contributed by atoms with E-state index < -0.39 is 54.0 Å². The molecular formula is C21H16F13N. The first-order valence-electron chi connectivity index (χ1n) is 10.1. The number of pyridine rings is 1. The molecule has 1 aliphatic carbocycles. The molecule has 0 spiro atoms. The molecule has 1 heterocycles. The molecule has 1 aliphatic rings. The molecule has 0 amide bonds. The highest BCUT2D eigenvalue weighted by Crippen LogP contribution is 2.63. The summed E-state index contributed by atoms with van der Waals surface area (Å²) in [4.78, 5) is 4.04. The van der Waals surface area contributed by atoms with Crippen molar-refractivity contribution in [2.45, 2.75) is 67.4 Å². The first kappa shape index (κ1) is 27.3. The van der Waals surface area contributed by atoms with Crippen molar-refractivity contribution in [1.29, 1.82) is 0 Å². The van der Waals surface area contributed by atoms with Gasteiger partial charge < -0.3 is 0 Å². The molecule has 0 N–H and O–H groups in total. The van der Waals surface area contributed by atoms with Gasteiger partial charge >= 0.3 is 35.8 Å². The van der Waals surface area contributed by atoms with Crippen LogP contribution in [0.5, 0.6) is 0 Å². The van der Waals surface area contributed by atoms with E-state index in [2.05, 4.69) is 4.98 Å². The van der Waals surface area contributed by atoms with Crippen LogP contribution >= 0.6 is 0 Å². The van der Waals surface area contributed by atoms with Crippen molar-refractivity contribution in [2.75, 3.05) is 0 Å². The number of hydrogen-bond acceptors (Lipinski definition) is 1. The van der Waals surface area contributed by atoms with Gasteiger partial charge in [-0.15, -0.1) is 0 Å². The Balaban J connectivity index is 2.06. The van der Waals surface area contributed by atoms with Crippen LogP contribution in [0.15, 0.2) is 36.4 Å². The third-order valence-electron chi connectivity index (χ3n) is 6.19. The van der Waals surface area contributed by atoms with Crippen LogP contribution in [-0.4, -0.2) is 40.8 Å². The summed E-state index contributed by atoms with van der Waals surface area (Å²) in [7, 11) is 0. The maximum Gasteiger partial charge on any atom is 0.460 e. The fraction of sp³-hybridized carbons (Fsp3) is 0.571. The van der Waals surface area contributed by atoms with Gasteiger partial charge in [-0.1, -0.05) is 37.1 Å². The molecule has 0 radical (unpaired) electrons. The number of benzene rings is 1. The van der Waals surface area contributed by atoms with Crippen LogP contribution in [-0.2, 0) is 0 Å². The molecular weight excluding hydrogens is 513 g/mol. The minimum atomic E-state index is -7.89. The van der Waals surface area contributed by atoms with Gasteiger partial charge in [0.05, 0.1) is 5.52 Å². The van der Waals surface area contributed by atoms with Crippen molar-refractivity contribution in [3.63, 3.8) is 0 Å². The third kappa shape index (κ3) is 4.00. The number of fused-ring (bicyclic) bond motifs is 1. The molecule has 1 aromatic heterocycles.